The minimum atomic E-state index is -0.948. The summed E-state index contributed by atoms with van der Waals surface area (Å²) < 4.78 is 0. The Morgan fingerprint density at radius 1 is 1.32 bits per heavy atom. The summed E-state index contributed by atoms with van der Waals surface area (Å²) >= 11 is 0. The average molecular weight is 264 g/mol. The van der Waals surface area contributed by atoms with Gasteiger partial charge < -0.3 is 15.7 Å². The molecule has 5 heteroatoms. The number of nitrogens with one attached hydrogen (secondary N) is 2. The van der Waals surface area contributed by atoms with Gasteiger partial charge in [-0.2, -0.15) is 0 Å². The Labute approximate surface area is 113 Å². The lowest BCUT2D eigenvalue weighted by atomic mass is 10.1. The van der Waals surface area contributed by atoms with Crippen molar-refractivity contribution in [1.82, 2.24) is 10.6 Å². The Morgan fingerprint density at radius 3 is 2.68 bits per heavy atom. The molecule has 3 N–H and O–H groups in total. The van der Waals surface area contributed by atoms with E-state index in [1.54, 1.807) is 18.2 Å². The zero-order valence-corrected chi connectivity index (χ0v) is 11.3. The topological polar surface area (TPSA) is 78.4 Å². The largest absolute Gasteiger partial charge is 0.478 e. The molecule has 0 saturated carbocycles. The van der Waals surface area contributed by atoms with Gasteiger partial charge in [-0.05, 0) is 23.6 Å². The minimum absolute atomic E-state index is 0.0527. The van der Waals surface area contributed by atoms with Crippen molar-refractivity contribution in [2.24, 2.45) is 5.92 Å². The van der Waals surface area contributed by atoms with Crippen molar-refractivity contribution in [2.45, 2.75) is 20.4 Å². The van der Waals surface area contributed by atoms with Crippen molar-refractivity contribution in [2.75, 3.05) is 13.1 Å². The highest BCUT2D eigenvalue weighted by molar-refractivity contribution is 5.87. The molecule has 0 aliphatic heterocycles. The van der Waals surface area contributed by atoms with Crippen molar-refractivity contribution in [3.8, 4) is 0 Å². The lowest BCUT2D eigenvalue weighted by molar-refractivity contribution is -0.120. The quantitative estimate of drug-likeness (QED) is 0.692. The highest BCUT2D eigenvalue weighted by Gasteiger charge is 2.04. The van der Waals surface area contributed by atoms with E-state index in [2.05, 4.69) is 10.6 Å². The molecular weight excluding hydrogens is 244 g/mol. The smallest absolute Gasteiger partial charge is 0.335 e. The fourth-order valence-corrected chi connectivity index (χ4v) is 1.52. The summed E-state index contributed by atoms with van der Waals surface area (Å²) in [6.07, 6.45) is 0. The number of carboxylic acid groups (broad SMARTS) is 1. The molecule has 0 radical (unpaired) electrons. The number of carboxylic acids is 1. The summed E-state index contributed by atoms with van der Waals surface area (Å²) in [4.78, 5) is 22.2. The molecule has 0 aliphatic rings. The maximum atomic E-state index is 11.4. The van der Waals surface area contributed by atoms with Gasteiger partial charge in [-0.3, -0.25) is 4.79 Å². The van der Waals surface area contributed by atoms with Crippen LogP contribution in [0.1, 0.15) is 29.8 Å². The van der Waals surface area contributed by atoms with Gasteiger partial charge in [0.2, 0.25) is 5.91 Å². The molecule has 0 bridgehead atoms. The maximum absolute atomic E-state index is 11.4. The van der Waals surface area contributed by atoms with E-state index >= 15 is 0 Å². The third kappa shape index (κ3) is 6.01. The molecule has 0 heterocycles. The van der Waals surface area contributed by atoms with Crippen LogP contribution in [0.3, 0.4) is 0 Å². The second-order valence-electron chi connectivity index (χ2n) is 4.81. The van der Waals surface area contributed by atoms with Crippen molar-refractivity contribution < 1.29 is 14.7 Å². The summed E-state index contributed by atoms with van der Waals surface area (Å²) in [7, 11) is 0. The first-order chi connectivity index (χ1) is 8.99. The standard InChI is InChI=1S/C14H20N2O3/c1-10(2)7-16-13(17)9-15-8-11-4-3-5-12(6-11)14(18)19/h3-6,10,15H,7-9H2,1-2H3,(H,16,17)(H,18,19). The third-order valence-electron chi connectivity index (χ3n) is 2.50. The van der Waals surface area contributed by atoms with E-state index in [9.17, 15) is 9.59 Å². The number of hydrogen-bond acceptors (Lipinski definition) is 3. The van der Waals surface area contributed by atoms with Gasteiger partial charge in [-0.1, -0.05) is 26.0 Å². The Hall–Kier alpha value is -1.88. The van der Waals surface area contributed by atoms with Crippen molar-refractivity contribution in [3.05, 3.63) is 35.4 Å². The maximum Gasteiger partial charge on any atom is 0.335 e. The van der Waals surface area contributed by atoms with E-state index in [-0.39, 0.29) is 18.0 Å². The molecule has 104 valence electrons. The molecule has 0 fully saturated rings. The number of carbonyl (C=O) groups excluding carboxylic acids is 1. The first-order valence-electron chi connectivity index (χ1n) is 6.28. The fraction of sp³-hybridized carbons (Fsp3) is 0.429. The Morgan fingerprint density at radius 2 is 2.05 bits per heavy atom. The van der Waals surface area contributed by atoms with Crippen LogP contribution in [0.25, 0.3) is 0 Å². The van der Waals surface area contributed by atoms with E-state index in [0.717, 1.165) is 5.56 Å². The molecule has 1 aromatic rings. The number of carbonyl (C=O) groups is 2. The molecule has 0 aliphatic carbocycles. The molecule has 0 saturated heterocycles. The highest BCUT2D eigenvalue weighted by Crippen LogP contribution is 2.04. The lowest BCUT2D eigenvalue weighted by Gasteiger charge is -2.08. The van der Waals surface area contributed by atoms with Crippen LogP contribution < -0.4 is 10.6 Å². The summed E-state index contributed by atoms with van der Waals surface area (Å²) in [5.41, 5.74) is 1.10. The SMILES string of the molecule is CC(C)CNC(=O)CNCc1cccc(C(=O)O)c1. The molecule has 1 aromatic carbocycles. The van der Waals surface area contributed by atoms with Crippen LogP contribution in [-0.4, -0.2) is 30.1 Å². The van der Waals surface area contributed by atoms with Crippen LogP contribution in [-0.2, 0) is 11.3 Å². The molecule has 1 amide bonds. The number of rotatable bonds is 7. The summed E-state index contributed by atoms with van der Waals surface area (Å²) in [5, 5.41) is 14.6. The van der Waals surface area contributed by atoms with E-state index in [4.69, 9.17) is 5.11 Å². The fourth-order valence-electron chi connectivity index (χ4n) is 1.52. The number of amides is 1. The summed E-state index contributed by atoms with van der Waals surface area (Å²) in [6.45, 7) is 5.42. The van der Waals surface area contributed by atoms with Crippen molar-refractivity contribution in [1.29, 1.82) is 0 Å². The van der Waals surface area contributed by atoms with Crippen LogP contribution in [0.4, 0.5) is 0 Å². The van der Waals surface area contributed by atoms with E-state index < -0.39 is 5.97 Å². The van der Waals surface area contributed by atoms with Crippen LogP contribution >= 0.6 is 0 Å². The second kappa shape index (κ2) is 7.53. The zero-order chi connectivity index (χ0) is 14.3. The molecular formula is C14H20N2O3. The van der Waals surface area contributed by atoms with Crippen molar-refractivity contribution >= 4 is 11.9 Å². The predicted octanol–water partition coefficient (Wildman–Crippen LogP) is 1.25. The number of hydrogen-bond donors (Lipinski definition) is 3. The third-order valence-corrected chi connectivity index (χ3v) is 2.50. The van der Waals surface area contributed by atoms with Crippen molar-refractivity contribution in [3.63, 3.8) is 0 Å². The zero-order valence-electron chi connectivity index (χ0n) is 11.3. The number of benzene rings is 1. The van der Waals surface area contributed by atoms with E-state index in [1.165, 1.54) is 0 Å². The van der Waals surface area contributed by atoms with Crippen LogP contribution in [0, 0.1) is 5.92 Å². The lowest BCUT2D eigenvalue weighted by Crippen LogP contribution is -2.35. The van der Waals surface area contributed by atoms with Crippen LogP contribution in [0.2, 0.25) is 0 Å². The highest BCUT2D eigenvalue weighted by atomic mass is 16.4. The first-order valence-corrected chi connectivity index (χ1v) is 6.28. The van der Waals surface area contributed by atoms with Gasteiger partial charge in [0.25, 0.3) is 0 Å². The Bertz CT molecular complexity index is 444. The van der Waals surface area contributed by atoms with Gasteiger partial charge >= 0.3 is 5.97 Å². The monoisotopic (exact) mass is 264 g/mol. The average Bonchev–Trinajstić information content (AvgIpc) is 2.36. The van der Waals surface area contributed by atoms with Crippen LogP contribution in [0.15, 0.2) is 24.3 Å². The van der Waals surface area contributed by atoms with Gasteiger partial charge in [0, 0.05) is 13.1 Å². The van der Waals surface area contributed by atoms with Gasteiger partial charge in [0.1, 0.15) is 0 Å². The van der Waals surface area contributed by atoms with Gasteiger partial charge in [0.15, 0.2) is 0 Å². The summed E-state index contributed by atoms with van der Waals surface area (Å²) in [6, 6.07) is 6.66. The predicted molar refractivity (Wildman–Crippen MR) is 73.0 cm³/mol. The first kappa shape index (κ1) is 15.2. The van der Waals surface area contributed by atoms with Gasteiger partial charge in [0.05, 0.1) is 12.1 Å². The Kier molecular flexibility index (Phi) is 6.02. The molecule has 5 nitrogen and oxygen atoms in total. The second-order valence-corrected chi connectivity index (χ2v) is 4.81. The number of aromatic carboxylic acids is 1. The molecule has 1 rings (SSSR count). The van der Waals surface area contributed by atoms with Gasteiger partial charge in [-0.15, -0.1) is 0 Å². The minimum Gasteiger partial charge on any atom is -0.478 e. The summed E-state index contributed by atoms with van der Waals surface area (Å²) in [5.74, 6) is -0.573. The molecule has 0 spiro atoms. The van der Waals surface area contributed by atoms with Crippen LogP contribution in [0.5, 0.6) is 0 Å². The molecule has 19 heavy (non-hydrogen) atoms. The van der Waals surface area contributed by atoms with Gasteiger partial charge in [-0.25, -0.2) is 4.79 Å². The van der Waals surface area contributed by atoms with E-state index in [1.807, 2.05) is 19.9 Å². The normalized spacial score (nSPS) is 10.5. The van der Waals surface area contributed by atoms with E-state index in [0.29, 0.717) is 19.0 Å². The molecule has 0 atom stereocenters. The molecule has 0 aromatic heterocycles. The molecule has 0 unspecified atom stereocenters. The Balaban J connectivity index is 2.35.